The van der Waals surface area contributed by atoms with Gasteiger partial charge in [-0.15, -0.1) is 0 Å². The average Bonchev–Trinajstić information content (AvgIpc) is 2.81. The summed E-state index contributed by atoms with van der Waals surface area (Å²) in [6.07, 6.45) is 4.04. The molecule has 0 aliphatic heterocycles. The number of hydrogen-bond donors (Lipinski definition) is 3. The van der Waals surface area contributed by atoms with Crippen LogP contribution in [-0.4, -0.2) is 24.0 Å². The van der Waals surface area contributed by atoms with Crippen molar-refractivity contribution in [2.24, 2.45) is 10.7 Å². The van der Waals surface area contributed by atoms with Crippen LogP contribution in [0, 0.1) is 6.92 Å². The van der Waals surface area contributed by atoms with Crippen molar-refractivity contribution in [3.05, 3.63) is 35.5 Å². The predicted molar refractivity (Wildman–Crippen MR) is 81.5 cm³/mol. The molecule has 0 amide bonds. The molecule has 0 bridgehead atoms. The monoisotopic (exact) mass is 258 g/mol. The normalized spacial score (nSPS) is 12.0. The lowest BCUT2D eigenvalue weighted by atomic mass is 10.1. The van der Waals surface area contributed by atoms with Gasteiger partial charge in [-0.3, -0.25) is 4.99 Å². The van der Waals surface area contributed by atoms with E-state index in [-0.39, 0.29) is 0 Å². The average molecular weight is 258 g/mol. The zero-order chi connectivity index (χ0) is 13.7. The Morgan fingerprint density at radius 3 is 3.05 bits per heavy atom. The van der Waals surface area contributed by atoms with E-state index in [1.807, 2.05) is 0 Å². The molecular formula is C15H22N4. The van der Waals surface area contributed by atoms with Crippen LogP contribution < -0.4 is 11.1 Å². The molecule has 19 heavy (non-hydrogen) atoms. The highest BCUT2D eigenvalue weighted by Crippen LogP contribution is 2.21. The number of nitrogens with zero attached hydrogens (tertiary/aromatic N) is 1. The molecule has 0 spiro atoms. The number of aliphatic imine (C=N–C) groups is 1. The Morgan fingerprint density at radius 2 is 2.26 bits per heavy atom. The molecule has 0 saturated heterocycles. The zero-order valence-corrected chi connectivity index (χ0v) is 11.7. The standard InChI is InChI=1S/C15H22N4/c1-3-8-17-15(16)18-9-7-12-10-19-14-11(2)5-4-6-13(12)14/h4-6,10,19H,3,7-9H2,1-2H3,(H3,16,17,18). The topological polar surface area (TPSA) is 66.2 Å². The van der Waals surface area contributed by atoms with E-state index >= 15 is 0 Å². The van der Waals surface area contributed by atoms with Crippen LogP contribution in [0.25, 0.3) is 10.9 Å². The van der Waals surface area contributed by atoms with Gasteiger partial charge in [0.1, 0.15) is 0 Å². The number of para-hydroxylation sites is 1. The SMILES string of the molecule is CCCN=C(N)NCCc1c[nH]c2c(C)cccc12. The third-order valence-corrected chi connectivity index (χ3v) is 3.22. The molecule has 4 nitrogen and oxygen atoms in total. The first-order valence-electron chi connectivity index (χ1n) is 6.81. The van der Waals surface area contributed by atoms with Crippen LogP contribution >= 0.6 is 0 Å². The number of fused-ring (bicyclic) bond motifs is 1. The van der Waals surface area contributed by atoms with Gasteiger partial charge in [0.25, 0.3) is 0 Å². The number of benzene rings is 1. The summed E-state index contributed by atoms with van der Waals surface area (Å²) in [5.41, 5.74) is 9.59. The van der Waals surface area contributed by atoms with E-state index in [2.05, 4.69) is 53.5 Å². The van der Waals surface area contributed by atoms with E-state index in [0.29, 0.717) is 5.96 Å². The molecule has 0 radical (unpaired) electrons. The number of guanidine groups is 1. The number of aromatic nitrogens is 1. The molecule has 102 valence electrons. The fraction of sp³-hybridized carbons (Fsp3) is 0.400. The van der Waals surface area contributed by atoms with Gasteiger partial charge in [0.15, 0.2) is 5.96 Å². The van der Waals surface area contributed by atoms with Crippen LogP contribution in [-0.2, 0) is 6.42 Å². The van der Waals surface area contributed by atoms with E-state index in [9.17, 15) is 0 Å². The second kappa shape index (κ2) is 6.27. The lowest BCUT2D eigenvalue weighted by Gasteiger charge is -2.05. The Labute approximate surface area is 114 Å². The van der Waals surface area contributed by atoms with Gasteiger partial charge < -0.3 is 16.0 Å². The summed E-state index contributed by atoms with van der Waals surface area (Å²) >= 11 is 0. The molecular weight excluding hydrogens is 236 g/mol. The maximum absolute atomic E-state index is 5.77. The Bertz CT molecular complexity index is 569. The Kier molecular flexibility index (Phi) is 4.44. The summed E-state index contributed by atoms with van der Waals surface area (Å²) in [7, 11) is 0. The van der Waals surface area contributed by atoms with Crippen molar-refractivity contribution in [3.8, 4) is 0 Å². The number of aromatic amines is 1. The van der Waals surface area contributed by atoms with Gasteiger partial charge in [0.05, 0.1) is 0 Å². The molecule has 0 aliphatic carbocycles. The van der Waals surface area contributed by atoms with Gasteiger partial charge in [-0.25, -0.2) is 0 Å². The number of rotatable bonds is 5. The molecule has 1 aromatic carbocycles. The molecule has 4 N–H and O–H groups in total. The maximum Gasteiger partial charge on any atom is 0.188 e. The summed E-state index contributed by atoms with van der Waals surface area (Å²) in [5, 5.41) is 4.45. The van der Waals surface area contributed by atoms with Gasteiger partial charge in [-0.2, -0.15) is 0 Å². The van der Waals surface area contributed by atoms with Crippen LogP contribution in [0.1, 0.15) is 24.5 Å². The zero-order valence-electron chi connectivity index (χ0n) is 11.7. The molecule has 0 atom stereocenters. The first-order chi connectivity index (χ1) is 9.22. The summed E-state index contributed by atoms with van der Waals surface area (Å²) in [5.74, 6) is 0.540. The molecule has 0 unspecified atom stereocenters. The summed E-state index contributed by atoms with van der Waals surface area (Å²) in [6, 6.07) is 6.37. The van der Waals surface area contributed by atoms with E-state index in [0.717, 1.165) is 25.9 Å². The molecule has 2 aromatic rings. The van der Waals surface area contributed by atoms with Gasteiger partial charge >= 0.3 is 0 Å². The van der Waals surface area contributed by atoms with Crippen molar-refractivity contribution in [2.45, 2.75) is 26.7 Å². The largest absolute Gasteiger partial charge is 0.370 e. The van der Waals surface area contributed by atoms with Gasteiger partial charge in [-0.05, 0) is 30.9 Å². The molecule has 1 heterocycles. The summed E-state index contributed by atoms with van der Waals surface area (Å²) < 4.78 is 0. The predicted octanol–water partition coefficient (Wildman–Crippen LogP) is 2.33. The Morgan fingerprint density at radius 1 is 1.42 bits per heavy atom. The molecule has 0 saturated carbocycles. The number of H-pyrrole nitrogens is 1. The van der Waals surface area contributed by atoms with E-state index in [1.165, 1.54) is 22.0 Å². The second-order valence-corrected chi connectivity index (χ2v) is 4.76. The Balaban J connectivity index is 1.97. The molecule has 0 fully saturated rings. The lowest BCUT2D eigenvalue weighted by molar-refractivity contribution is 0.842. The highest BCUT2D eigenvalue weighted by atomic mass is 15.1. The van der Waals surface area contributed by atoms with E-state index in [1.54, 1.807) is 0 Å². The van der Waals surface area contributed by atoms with E-state index in [4.69, 9.17) is 5.73 Å². The minimum Gasteiger partial charge on any atom is -0.370 e. The summed E-state index contributed by atoms with van der Waals surface area (Å²) in [6.45, 7) is 5.80. The van der Waals surface area contributed by atoms with Crippen molar-refractivity contribution in [2.75, 3.05) is 13.1 Å². The van der Waals surface area contributed by atoms with Crippen molar-refractivity contribution in [1.29, 1.82) is 0 Å². The van der Waals surface area contributed by atoms with Gasteiger partial charge in [0.2, 0.25) is 0 Å². The Hall–Kier alpha value is -1.97. The van der Waals surface area contributed by atoms with Crippen molar-refractivity contribution >= 4 is 16.9 Å². The van der Waals surface area contributed by atoms with Crippen LogP contribution in [0.15, 0.2) is 29.4 Å². The van der Waals surface area contributed by atoms with Crippen LogP contribution in [0.2, 0.25) is 0 Å². The first kappa shape index (κ1) is 13.5. The molecule has 2 rings (SSSR count). The van der Waals surface area contributed by atoms with Crippen molar-refractivity contribution in [3.63, 3.8) is 0 Å². The number of aryl methyl sites for hydroxylation is 1. The quantitative estimate of drug-likeness (QED) is 0.569. The smallest absolute Gasteiger partial charge is 0.188 e. The van der Waals surface area contributed by atoms with Crippen LogP contribution in [0.5, 0.6) is 0 Å². The molecule has 1 aromatic heterocycles. The highest BCUT2D eigenvalue weighted by molar-refractivity contribution is 5.86. The van der Waals surface area contributed by atoms with E-state index < -0.39 is 0 Å². The minimum atomic E-state index is 0.540. The molecule has 0 aliphatic rings. The van der Waals surface area contributed by atoms with Crippen molar-refractivity contribution in [1.82, 2.24) is 10.3 Å². The third-order valence-electron chi connectivity index (χ3n) is 3.22. The fourth-order valence-electron chi connectivity index (χ4n) is 2.18. The maximum atomic E-state index is 5.77. The number of hydrogen-bond acceptors (Lipinski definition) is 1. The fourth-order valence-corrected chi connectivity index (χ4v) is 2.18. The second-order valence-electron chi connectivity index (χ2n) is 4.76. The lowest BCUT2D eigenvalue weighted by Crippen LogP contribution is -2.33. The number of nitrogens with one attached hydrogen (secondary N) is 2. The van der Waals surface area contributed by atoms with Gasteiger partial charge in [-0.1, -0.05) is 25.1 Å². The first-order valence-corrected chi connectivity index (χ1v) is 6.81. The summed E-state index contributed by atoms with van der Waals surface area (Å²) in [4.78, 5) is 7.55. The van der Waals surface area contributed by atoms with Crippen molar-refractivity contribution < 1.29 is 0 Å². The third kappa shape index (κ3) is 3.28. The highest BCUT2D eigenvalue weighted by Gasteiger charge is 2.04. The minimum absolute atomic E-state index is 0.540. The van der Waals surface area contributed by atoms with Crippen LogP contribution in [0.3, 0.4) is 0 Å². The van der Waals surface area contributed by atoms with Crippen LogP contribution in [0.4, 0.5) is 0 Å². The number of nitrogens with two attached hydrogens (primary N) is 1. The molecule has 4 heteroatoms. The van der Waals surface area contributed by atoms with Gasteiger partial charge in [0, 0.05) is 30.2 Å².